The fraction of sp³-hybridized carbons (Fsp3) is 0.636. The predicted octanol–water partition coefficient (Wildman–Crippen LogP) is 3.89. The van der Waals surface area contributed by atoms with Crippen molar-refractivity contribution in [3.05, 3.63) is 21.9 Å². The summed E-state index contributed by atoms with van der Waals surface area (Å²) in [5, 5.41) is 0. The summed E-state index contributed by atoms with van der Waals surface area (Å²) in [6.07, 6.45) is 0.505. The van der Waals surface area contributed by atoms with Crippen molar-refractivity contribution >= 4 is 11.3 Å². The summed E-state index contributed by atoms with van der Waals surface area (Å²) in [5.41, 5.74) is 5.66. The molecule has 0 atom stereocenters. The van der Waals surface area contributed by atoms with Gasteiger partial charge in [0.2, 0.25) is 0 Å². The molecular weight excluding hydrogens is 235 g/mol. The number of thiophene rings is 1. The van der Waals surface area contributed by atoms with E-state index in [9.17, 15) is 13.2 Å². The van der Waals surface area contributed by atoms with Gasteiger partial charge >= 0.3 is 6.18 Å². The van der Waals surface area contributed by atoms with Gasteiger partial charge in [0, 0.05) is 4.88 Å². The molecule has 0 bridgehead atoms. The van der Waals surface area contributed by atoms with Crippen molar-refractivity contribution in [3.63, 3.8) is 0 Å². The Hall–Kier alpha value is -0.550. The Morgan fingerprint density at radius 2 is 1.75 bits per heavy atom. The zero-order valence-electron chi connectivity index (χ0n) is 8.81. The van der Waals surface area contributed by atoms with Gasteiger partial charge in [-0.05, 0) is 25.0 Å². The molecule has 0 spiro atoms. The number of hydrogen-bond donors (Lipinski definition) is 1. The SMILES string of the molecule is NC1(c2ccc(C(F)(F)F)s2)CCCCC1. The number of alkyl halides is 3. The van der Waals surface area contributed by atoms with Crippen LogP contribution in [0.25, 0.3) is 0 Å². The average molecular weight is 249 g/mol. The monoisotopic (exact) mass is 249 g/mol. The molecule has 90 valence electrons. The van der Waals surface area contributed by atoms with E-state index < -0.39 is 16.6 Å². The maximum absolute atomic E-state index is 12.5. The highest BCUT2D eigenvalue weighted by Crippen LogP contribution is 2.42. The number of nitrogens with two attached hydrogens (primary N) is 1. The van der Waals surface area contributed by atoms with E-state index in [2.05, 4.69) is 0 Å². The third-order valence-corrected chi connectivity index (χ3v) is 4.47. The Morgan fingerprint density at radius 3 is 2.25 bits per heavy atom. The molecule has 1 aromatic rings. The first kappa shape index (κ1) is 11.9. The van der Waals surface area contributed by atoms with Gasteiger partial charge in [-0.25, -0.2) is 0 Å². The molecule has 5 heteroatoms. The lowest BCUT2D eigenvalue weighted by Crippen LogP contribution is -2.37. The van der Waals surface area contributed by atoms with Crippen molar-refractivity contribution < 1.29 is 13.2 Å². The van der Waals surface area contributed by atoms with Gasteiger partial charge in [-0.1, -0.05) is 19.3 Å². The smallest absolute Gasteiger partial charge is 0.321 e. The van der Waals surface area contributed by atoms with Gasteiger partial charge in [-0.15, -0.1) is 11.3 Å². The van der Waals surface area contributed by atoms with E-state index >= 15 is 0 Å². The highest BCUT2D eigenvalue weighted by molar-refractivity contribution is 7.12. The van der Waals surface area contributed by atoms with Gasteiger partial charge in [0.15, 0.2) is 0 Å². The second kappa shape index (κ2) is 4.04. The minimum Gasteiger partial charge on any atom is -0.321 e. The standard InChI is InChI=1S/C11H14F3NS/c12-11(13,14)9-5-4-8(16-9)10(15)6-2-1-3-7-10/h4-5H,1-3,6-7,15H2. The lowest BCUT2D eigenvalue weighted by molar-refractivity contribution is -0.134. The zero-order chi connectivity index (χ0) is 11.8. The molecule has 1 saturated carbocycles. The fourth-order valence-corrected chi connectivity index (χ4v) is 3.22. The summed E-state index contributed by atoms with van der Waals surface area (Å²) in [6.45, 7) is 0. The number of hydrogen-bond acceptors (Lipinski definition) is 2. The van der Waals surface area contributed by atoms with Crippen LogP contribution in [0.15, 0.2) is 12.1 Å². The number of halogens is 3. The molecular formula is C11H14F3NS. The second-order valence-corrected chi connectivity index (χ2v) is 5.46. The third kappa shape index (κ3) is 2.25. The van der Waals surface area contributed by atoms with Crippen molar-refractivity contribution in [1.82, 2.24) is 0 Å². The van der Waals surface area contributed by atoms with E-state index in [1.54, 1.807) is 6.07 Å². The van der Waals surface area contributed by atoms with Crippen LogP contribution in [0.2, 0.25) is 0 Å². The first-order chi connectivity index (χ1) is 7.42. The minimum absolute atomic E-state index is 0.521. The summed E-state index contributed by atoms with van der Waals surface area (Å²) in [4.78, 5) is 0.137. The summed E-state index contributed by atoms with van der Waals surface area (Å²) in [7, 11) is 0. The van der Waals surface area contributed by atoms with Gasteiger partial charge in [-0.3, -0.25) is 0 Å². The molecule has 0 unspecified atom stereocenters. The first-order valence-electron chi connectivity index (χ1n) is 5.38. The molecule has 1 aliphatic carbocycles. The Labute approximate surface area is 96.5 Å². The van der Waals surface area contributed by atoms with Gasteiger partial charge in [0.05, 0.1) is 5.54 Å². The maximum Gasteiger partial charge on any atom is 0.425 e. The van der Waals surface area contributed by atoms with E-state index in [0.29, 0.717) is 4.88 Å². The molecule has 1 aromatic heterocycles. The average Bonchev–Trinajstić information content (AvgIpc) is 2.67. The highest BCUT2D eigenvalue weighted by atomic mass is 32.1. The van der Waals surface area contributed by atoms with Crippen LogP contribution in [0, 0.1) is 0 Å². The first-order valence-corrected chi connectivity index (χ1v) is 6.20. The van der Waals surface area contributed by atoms with Crippen LogP contribution in [0.1, 0.15) is 41.9 Å². The van der Waals surface area contributed by atoms with E-state index in [-0.39, 0.29) is 0 Å². The van der Waals surface area contributed by atoms with Crippen LogP contribution in [-0.2, 0) is 11.7 Å². The van der Waals surface area contributed by atoms with Crippen LogP contribution in [-0.4, -0.2) is 0 Å². The van der Waals surface area contributed by atoms with Gasteiger partial charge in [0.25, 0.3) is 0 Å². The van der Waals surface area contributed by atoms with Crippen LogP contribution >= 0.6 is 11.3 Å². The van der Waals surface area contributed by atoms with Crippen molar-refractivity contribution in [1.29, 1.82) is 0 Å². The summed E-state index contributed by atoms with van der Waals surface area (Å²) >= 11 is 0.795. The van der Waals surface area contributed by atoms with Crippen molar-refractivity contribution in [2.24, 2.45) is 5.73 Å². The Bertz CT molecular complexity index is 364. The fourth-order valence-electron chi connectivity index (χ4n) is 2.19. The van der Waals surface area contributed by atoms with Crippen LogP contribution < -0.4 is 5.73 Å². The molecule has 0 saturated heterocycles. The molecule has 1 nitrogen and oxygen atoms in total. The molecule has 16 heavy (non-hydrogen) atoms. The second-order valence-electron chi connectivity index (χ2n) is 4.38. The third-order valence-electron chi connectivity index (χ3n) is 3.12. The lowest BCUT2D eigenvalue weighted by Gasteiger charge is -2.32. The summed E-state index contributed by atoms with van der Waals surface area (Å²) < 4.78 is 37.4. The normalized spacial score (nSPS) is 21.0. The largest absolute Gasteiger partial charge is 0.425 e. The molecule has 1 aliphatic rings. The van der Waals surface area contributed by atoms with Crippen LogP contribution in [0.4, 0.5) is 13.2 Å². The highest BCUT2D eigenvalue weighted by Gasteiger charge is 2.36. The number of rotatable bonds is 1. The van der Waals surface area contributed by atoms with Gasteiger partial charge < -0.3 is 5.73 Å². The van der Waals surface area contributed by atoms with Crippen LogP contribution in [0.3, 0.4) is 0 Å². The quantitative estimate of drug-likeness (QED) is 0.803. The van der Waals surface area contributed by atoms with Crippen molar-refractivity contribution in [2.45, 2.75) is 43.8 Å². The van der Waals surface area contributed by atoms with E-state index in [4.69, 9.17) is 5.73 Å². The zero-order valence-corrected chi connectivity index (χ0v) is 9.63. The summed E-state index contributed by atoms with van der Waals surface area (Å²) in [5.74, 6) is 0. The lowest BCUT2D eigenvalue weighted by atomic mass is 9.81. The summed E-state index contributed by atoms with van der Waals surface area (Å²) in [6, 6.07) is 2.68. The molecule has 1 heterocycles. The Morgan fingerprint density at radius 1 is 1.12 bits per heavy atom. The van der Waals surface area contributed by atoms with Gasteiger partial charge in [-0.2, -0.15) is 13.2 Å². The predicted molar refractivity (Wildman–Crippen MR) is 58.3 cm³/mol. The molecule has 2 rings (SSSR count). The maximum atomic E-state index is 12.5. The van der Waals surface area contributed by atoms with E-state index in [1.807, 2.05) is 0 Å². The molecule has 1 fully saturated rings. The molecule has 0 radical (unpaired) electrons. The van der Waals surface area contributed by atoms with Crippen molar-refractivity contribution in [3.8, 4) is 0 Å². The van der Waals surface area contributed by atoms with Crippen molar-refractivity contribution in [2.75, 3.05) is 0 Å². The molecule has 0 amide bonds. The minimum atomic E-state index is -4.24. The van der Waals surface area contributed by atoms with Gasteiger partial charge in [0.1, 0.15) is 4.88 Å². The van der Waals surface area contributed by atoms with Crippen LogP contribution in [0.5, 0.6) is 0 Å². The Kier molecular flexibility index (Phi) is 3.01. The van der Waals surface area contributed by atoms with E-state index in [0.717, 1.165) is 49.5 Å². The Balaban J connectivity index is 2.24. The van der Waals surface area contributed by atoms with E-state index in [1.165, 1.54) is 0 Å². The molecule has 0 aliphatic heterocycles. The topological polar surface area (TPSA) is 26.0 Å². The molecule has 2 N–H and O–H groups in total. The molecule has 0 aromatic carbocycles.